The van der Waals surface area contributed by atoms with Crippen LogP contribution in [0.5, 0.6) is 0 Å². The molecular formula is C10H16NS. The second kappa shape index (κ2) is 5.33. The van der Waals surface area contributed by atoms with Crippen molar-refractivity contribution in [3.05, 3.63) is 22.4 Å². The van der Waals surface area contributed by atoms with Gasteiger partial charge in [-0.3, -0.25) is 0 Å². The fourth-order valence-corrected chi connectivity index (χ4v) is 1.57. The van der Waals surface area contributed by atoms with E-state index >= 15 is 0 Å². The molecule has 0 aliphatic rings. The van der Waals surface area contributed by atoms with Crippen molar-refractivity contribution in [2.75, 3.05) is 6.54 Å². The molecule has 1 N–H and O–H groups in total. The molecule has 0 aliphatic heterocycles. The molecule has 0 aliphatic carbocycles. The maximum atomic E-state index is 3.41. The second-order valence-electron chi connectivity index (χ2n) is 3.38. The summed E-state index contributed by atoms with van der Waals surface area (Å²) < 4.78 is 0. The minimum Gasteiger partial charge on any atom is -0.312 e. The van der Waals surface area contributed by atoms with Crippen LogP contribution in [0.15, 0.2) is 12.1 Å². The molecule has 1 rings (SSSR count). The van der Waals surface area contributed by atoms with E-state index < -0.39 is 0 Å². The zero-order chi connectivity index (χ0) is 8.81. The van der Waals surface area contributed by atoms with Crippen LogP contribution in [0.2, 0.25) is 0 Å². The molecule has 0 bridgehead atoms. The number of hydrogen-bond donors (Lipinski definition) is 1. The predicted octanol–water partition coefficient (Wildman–Crippen LogP) is 2.68. The maximum absolute atomic E-state index is 3.41. The molecule has 1 radical (unpaired) electrons. The summed E-state index contributed by atoms with van der Waals surface area (Å²) in [6.07, 6.45) is 1.26. The van der Waals surface area contributed by atoms with Gasteiger partial charge in [-0.25, -0.2) is 0 Å². The first kappa shape index (κ1) is 9.75. The Hall–Kier alpha value is -0.340. The van der Waals surface area contributed by atoms with Gasteiger partial charge >= 0.3 is 0 Å². The lowest BCUT2D eigenvalue weighted by atomic mass is 10.1. The highest BCUT2D eigenvalue weighted by molar-refractivity contribution is 7.09. The van der Waals surface area contributed by atoms with Crippen molar-refractivity contribution in [3.8, 4) is 0 Å². The number of nitrogens with one attached hydrogen (secondary N) is 1. The Kier molecular flexibility index (Phi) is 4.33. The van der Waals surface area contributed by atoms with Gasteiger partial charge in [0.05, 0.1) is 0 Å². The lowest BCUT2D eigenvalue weighted by molar-refractivity contribution is 0.539. The molecule has 1 aromatic heterocycles. The highest BCUT2D eigenvalue weighted by Gasteiger charge is 1.94. The van der Waals surface area contributed by atoms with Crippen molar-refractivity contribution in [2.24, 2.45) is 5.92 Å². The Morgan fingerprint density at radius 3 is 3.00 bits per heavy atom. The van der Waals surface area contributed by atoms with E-state index in [4.69, 9.17) is 0 Å². The average molecular weight is 182 g/mol. The second-order valence-corrected chi connectivity index (χ2v) is 4.34. The van der Waals surface area contributed by atoms with Crippen LogP contribution >= 0.6 is 11.3 Å². The highest BCUT2D eigenvalue weighted by Crippen LogP contribution is 2.06. The third kappa shape index (κ3) is 3.88. The summed E-state index contributed by atoms with van der Waals surface area (Å²) in [5.41, 5.74) is 0. The van der Waals surface area contributed by atoms with Gasteiger partial charge in [-0.05, 0) is 31.0 Å². The van der Waals surface area contributed by atoms with Crippen LogP contribution in [-0.2, 0) is 6.54 Å². The number of thiophene rings is 1. The molecule has 12 heavy (non-hydrogen) atoms. The smallest absolute Gasteiger partial charge is 0.0446 e. The molecule has 0 saturated carbocycles. The molecule has 0 aromatic carbocycles. The normalized spacial score (nSPS) is 10.9. The summed E-state index contributed by atoms with van der Waals surface area (Å²) in [7, 11) is 0. The molecule has 0 unspecified atom stereocenters. The van der Waals surface area contributed by atoms with Gasteiger partial charge in [0.2, 0.25) is 0 Å². The molecular weight excluding hydrogens is 166 g/mol. The van der Waals surface area contributed by atoms with Gasteiger partial charge in [0.25, 0.3) is 0 Å². The lowest BCUT2D eigenvalue weighted by Crippen LogP contribution is -2.15. The molecule has 0 fully saturated rings. The van der Waals surface area contributed by atoms with Crippen molar-refractivity contribution in [1.29, 1.82) is 0 Å². The van der Waals surface area contributed by atoms with Crippen molar-refractivity contribution >= 4 is 11.3 Å². The first-order valence-electron chi connectivity index (χ1n) is 4.44. The van der Waals surface area contributed by atoms with Crippen LogP contribution in [0.3, 0.4) is 0 Å². The molecule has 1 nitrogen and oxygen atoms in total. The van der Waals surface area contributed by atoms with E-state index in [1.165, 1.54) is 11.3 Å². The molecule has 2 heteroatoms. The summed E-state index contributed by atoms with van der Waals surface area (Å²) in [5.74, 6) is 0.799. The molecule has 0 amide bonds. The first-order chi connectivity index (χ1) is 5.79. The Morgan fingerprint density at radius 2 is 2.42 bits per heavy atom. The molecule has 1 aromatic rings. The van der Waals surface area contributed by atoms with E-state index in [9.17, 15) is 0 Å². The average Bonchev–Trinajstić information content (AvgIpc) is 2.49. The molecule has 0 saturated heterocycles. The van der Waals surface area contributed by atoms with Crippen LogP contribution in [0, 0.1) is 11.3 Å². The number of hydrogen-bond acceptors (Lipinski definition) is 2. The highest BCUT2D eigenvalue weighted by atomic mass is 32.1. The molecule has 67 valence electrons. The van der Waals surface area contributed by atoms with E-state index in [-0.39, 0.29) is 0 Å². The summed E-state index contributed by atoms with van der Waals surface area (Å²) in [4.78, 5) is 1.37. The Labute approximate surface area is 78.8 Å². The summed E-state index contributed by atoms with van der Waals surface area (Å²) in [6, 6.07) is 4.09. The largest absolute Gasteiger partial charge is 0.312 e. The fourth-order valence-electron chi connectivity index (χ4n) is 0.968. The van der Waals surface area contributed by atoms with Gasteiger partial charge in [0, 0.05) is 16.8 Å². The Balaban J connectivity index is 2.04. The molecule has 1 heterocycles. The monoisotopic (exact) mass is 182 g/mol. The zero-order valence-corrected chi connectivity index (χ0v) is 8.58. The minimum atomic E-state index is 0.799. The third-order valence-electron chi connectivity index (χ3n) is 1.72. The lowest BCUT2D eigenvalue weighted by Gasteiger charge is -2.04. The van der Waals surface area contributed by atoms with Gasteiger partial charge in [0.1, 0.15) is 0 Å². The third-order valence-corrected chi connectivity index (χ3v) is 2.52. The maximum Gasteiger partial charge on any atom is 0.0446 e. The van der Waals surface area contributed by atoms with Crippen LogP contribution in [0.4, 0.5) is 0 Å². The van der Waals surface area contributed by atoms with Crippen LogP contribution < -0.4 is 5.32 Å². The Bertz CT molecular complexity index is 192. The topological polar surface area (TPSA) is 12.0 Å². The van der Waals surface area contributed by atoms with Crippen molar-refractivity contribution < 1.29 is 0 Å². The quantitative estimate of drug-likeness (QED) is 0.690. The number of rotatable bonds is 5. The van der Waals surface area contributed by atoms with Gasteiger partial charge in [0.15, 0.2) is 0 Å². The molecule has 0 spiro atoms. The fraction of sp³-hybridized carbons (Fsp3) is 0.600. The van der Waals surface area contributed by atoms with E-state index in [1.54, 1.807) is 11.3 Å². The van der Waals surface area contributed by atoms with E-state index in [2.05, 4.69) is 30.6 Å². The zero-order valence-electron chi connectivity index (χ0n) is 7.76. The van der Waals surface area contributed by atoms with Crippen LogP contribution in [-0.4, -0.2) is 6.54 Å². The van der Waals surface area contributed by atoms with E-state index in [0.29, 0.717) is 0 Å². The SMILES string of the molecule is CC(C)CCNCc1cc[c]s1. The van der Waals surface area contributed by atoms with Crippen molar-refractivity contribution in [2.45, 2.75) is 26.8 Å². The molecule has 0 atom stereocenters. The van der Waals surface area contributed by atoms with Crippen molar-refractivity contribution in [1.82, 2.24) is 5.32 Å². The van der Waals surface area contributed by atoms with Gasteiger partial charge in [-0.2, -0.15) is 0 Å². The summed E-state index contributed by atoms with van der Waals surface area (Å²) in [6.45, 7) is 6.62. The van der Waals surface area contributed by atoms with Crippen LogP contribution in [0.1, 0.15) is 25.1 Å². The van der Waals surface area contributed by atoms with E-state index in [0.717, 1.165) is 19.0 Å². The van der Waals surface area contributed by atoms with Crippen molar-refractivity contribution in [3.63, 3.8) is 0 Å². The van der Waals surface area contributed by atoms with Gasteiger partial charge < -0.3 is 5.32 Å². The van der Waals surface area contributed by atoms with Gasteiger partial charge in [-0.1, -0.05) is 13.8 Å². The van der Waals surface area contributed by atoms with Crippen LogP contribution in [0.25, 0.3) is 0 Å². The summed E-state index contributed by atoms with van der Waals surface area (Å²) in [5, 5.41) is 6.49. The predicted molar refractivity (Wildman–Crippen MR) is 54.3 cm³/mol. The Morgan fingerprint density at radius 1 is 1.58 bits per heavy atom. The van der Waals surface area contributed by atoms with E-state index in [1.807, 2.05) is 6.07 Å². The van der Waals surface area contributed by atoms with Gasteiger partial charge in [-0.15, -0.1) is 11.3 Å². The standard InChI is InChI=1S/C10H16NS/c1-9(2)5-6-11-8-10-4-3-7-12-10/h3-4,9,11H,5-6,8H2,1-2H3. The minimum absolute atomic E-state index is 0.799. The summed E-state index contributed by atoms with van der Waals surface area (Å²) >= 11 is 1.69. The first-order valence-corrected chi connectivity index (χ1v) is 5.26.